The fourth-order valence-corrected chi connectivity index (χ4v) is 1.07. The van der Waals surface area contributed by atoms with E-state index in [1.165, 1.54) is 6.08 Å². The highest BCUT2D eigenvalue weighted by atomic mass is 16.5. The second-order valence-corrected chi connectivity index (χ2v) is 2.86. The lowest BCUT2D eigenvalue weighted by Gasteiger charge is -2.11. The van der Waals surface area contributed by atoms with Crippen molar-refractivity contribution in [2.24, 2.45) is 0 Å². The number of allylic oxidation sites excluding steroid dienone is 1. The van der Waals surface area contributed by atoms with Crippen molar-refractivity contribution in [2.45, 2.75) is 25.9 Å². The maximum atomic E-state index is 8.90. The molecule has 1 atom stereocenters. The van der Waals surface area contributed by atoms with Gasteiger partial charge in [-0.1, -0.05) is 19.3 Å². The van der Waals surface area contributed by atoms with Gasteiger partial charge in [-0.15, -0.1) is 0 Å². The van der Waals surface area contributed by atoms with Crippen molar-refractivity contribution >= 4 is 0 Å². The molecule has 3 heteroatoms. The van der Waals surface area contributed by atoms with E-state index in [1.807, 2.05) is 13.0 Å². The molecular weight excluding hydrogens is 200 g/mol. The van der Waals surface area contributed by atoms with Crippen molar-refractivity contribution in [3.63, 3.8) is 0 Å². The van der Waals surface area contributed by atoms with Crippen LogP contribution in [0, 0.1) is 46.3 Å². The SMILES string of the molecule is CCCC(OC)/C(C#N)=C\C#CC#CC#N. The van der Waals surface area contributed by atoms with Crippen molar-refractivity contribution < 1.29 is 4.74 Å². The first kappa shape index (κ1) is 13.8. The van der Waals surface area contributed by atoms with Crippen molar-refractivity contribution in [3.8, 4) is 35.8 Å². The molecule has 0 N–H and O–H groups in total. The lowest BCUT2D eigenvalue weighted by molar-refractivity contribution is 0.127. The highest BCUT2D eigenvalue weighted by Crippen LogP contribution is 2.10. The summed E-state index contributed by atoms with van der Waals surface area (Å²) in [5, 5.41) is 17.0. The number of hydrogen-bond acceptors (Lipinski definition) is 3. The van der Waals surface area contributed by atoms with E-state index in [2.05, 4.69) is 23.7 Å². The Morgan fingerprint density at radius 2 is 2.06 bits per heavy atom. The summed E-state index contributed by atoms with van der Waals surface area (Å²) in [7, 11) is 1.56. The number of rotatable bonds is 4. The van der Waals surface area contributed by atoms with Crippen molar-refractivity contribution in [1.29, 1.82) is 10.5 Å². The Morgan fingerprint density at radius 1 is 1.31 bits per heavy atom. The number of nitrogens with zero attached hydrogens (tertiary/aromatic N) is 2. The van der Waals surface area contributed by atoms with Gasteiger partial charge in [-0.3, -0.25) is 0 Å². The third-order valence-electron chi connectivity index (χ3n) is 1.79. The third kappa shape index (κ3) is 5.51. The zero-order valence-electron chi connectivity index (χ0n) is 9.37. The van der Waals surface area contributed by atoms with Crippen molar-refractivity contribution in [2.75, 3.05) is 7.11 Å². The van der Waals surface area contributed by atoms with Gasteiger partial charge in [-0.25, -0.2) is 0 Å². The summed E-state index contributed by atoms with van der Waals surface area (Å²) >= 11 is 0. The van der Waals surface area contributed by atoms with E-state index in [-0.39, 0.29) is 6.10 Å². The first-order chi connectivity index (χ1) is 7.79. The molecule has 0 fully saturated rings. The van der Waals surface area contributed by atoms with Crippen LogP contribution >= 0.6 is 0 Å². The summed E-state index contributed by atoms with van der Waals surface area (Å²) in [4.78, 5) is 0. The summed E-state index contributed by atoms with van der Waals surface area (Å²) in [5.74, 6) is 9.54. The largest absolute Gasteiger partial charge is 0.376 e. The topological polar surface area (TPSA) is 56.8 Å². The van der Waals surface area contributed by atoms with E-state index in [0.717, 1.165) is 12.8 Å². The Bertz CT molecular complexity index is 441. The summed E-state index contributed by atoms with van der Waals surface area (Å²) in [6.45, 7) is 2.02. The van der Waals surface area contributed by atoms with E-state index in [0.29, 0.717) is 5.57 Å². The monoisotopic (exact) mass is 212 g/mol. The summed E-state index contributed by atoms with van der Waals surface area (Å²) in [6.07, 6.45) is 2.98. The minimum absolute atomic E-state index is 0.215. The molecule has 0 aromatic carbocycles. The molecule has 0 spiro atoms. The molecule has 0 radical (unpaired) electrons. The number of hydrogen-bond donors (Lipinski definition) is 0. The van der Waals surface area contributed by atoms with Crippen LogP contribution in [0.1, 0.15) is 19.8 Å². The molecule has 80 valence electrons. The van der Waals surface area contributed by atoms with Gasteiger partial charge in [0.15, 0.2) is 6.07 Å². The van der Waals surface area contributed by atoms with Gasteiger partial charge in [0.1, 0.15) is 0 Å². The lowest BCUT2D eigenvalue weighted by atomic mass is 10.1. The first-order valence-corrected chi connectivity index (χ1v) is 4.82. The van der Waals surface area contributed by atoms with E-state index < -0.39 is 0 Å². The molecule has 1 unspecified atom stereocenters. The molecule has 0 bridgehead atoms. The van der Waals surface area contributed by atoms with Gasteiger partial charge < -0.3 is 4.74 Å². The van der Waals surface area contributed by atoms with Crippen LogP contribution in [-0.2, 0) is 4.74 Å². The molecule has 0 heterocycles. The Morgan fingerprint density at radius 3 is 2.56 bits per heavy atom. The van der Waals surface area contributed by atoms with E-state index >= 15 is 0 Å². The molecule has 0 aromatic rings. The zero-order chi connectivity index (χ0) is 12.2. The quantitative estimate of drug-likeness (QED) is 0.527. The summed E-state index contributed by atoms with van der Waals surface area (Å²) in [6, 6.07) is 3.70. The van der Waals surface area contributed by atoms with Crippen LogP contribution in [0.5, 0.6) is 0 Å². The summed E-state index contributed by atoms with van der Waals surface area (Å²) in [5.41, 5.74) is 0.482. The van der Waals surface area contributed by atoms with Gasteiger partial charge in [-0.05, 0) is 12.3 Å². The molecule has 0 rings (SSSR count). The van der Waals surface area contributed by atoms with Crippen LogP contribution in [0.25, 0.3) is 0 Å². The average molecular weight is 212 g/mol. The van der Waals surface area contributed by atoms with Crippen molar-refractivity contribution in [3.05, 3.63) is 11.6 Å². The minimum Gasteiger partial charge on any atom is -0.376 e. The van der Waals surface area contributed by atoms with Crippen LogP contribution in [0.3, 0.4) is 0 Å². The zero-order valence-corrected chi connectivity index (χ0v) is 9.37. The highest BCUT2D eigenvalue weighted by molar-refractivity contribution is 5.39. The van der Waals surface area contributed by atoms with Crippen LogP contribution in [-0.4, -0.2) is 13.2 Å². The highest BCUT2D eigenvalue weighted by Gasteiger charge is 2.10. The summed E-state index contributed by atoms with van der Waals surface area (Å²) < 4.78 is 5.17. The van der Waals surface area contributed by atoms with Gasteiger partial charge in [0.2, 0.25) is 0 Å². The van der Waals surface area contributed by atoms with Crippen LogP contribution < -0.4 is 0 Å². The molecular formula is C13H12N2O. The molecule has 0 aromatic heterocycles. The Balaban J connectivity index is 4.71. The van der Waals surface area contributed by atoms with Crippen LogP contribution in [0.4, 0.5) is 0 Å². The standard InChI is InChI=1S/C13H12N2O/c1-3-8-13(16-2)12(11-15)9-6-4-5-7-10-14/h9,13H,3,8H2,1-2H3/b12-9-. The van der Waals surface area contributed by atoms with Gasteiger partial charge in [0.05, 0.1) is 17.7 Å². The first-order valence-electron chi connectivity index (χ1n) is 4.82. The lowest BCUT2D eigenvalue weighted by Crippen LogP contribution is -2.12. The van der Waals surface area contributed by atoms with Gasteiger partial charge in [0.25, 0.3) is 0 Å². The molecule has 0 saturated carbocycles. The molecule has 0 amide bonds. The maximum absolute atomic E-state index is 8.90. The van der Waals surface area contributed by atoms with E-state index in [4.69, 9.17) is 15.3 Å². The number of nitriles is 2. The molecule has 16 heavy (non-hydrogen) atoms. The van der Waals surface area contributed by atoms with E-state index in [9.17, 15) is 0 Å². The number of ether oxygens (including phenoxy) is 1. The van der Waals surface area contributed by atoms with Gasteiger partial charge >= 0.3 is 0 Å². The fraction of sp³-hybridized carbons (Fsp3) is 0.385. The molecule has 0 aliphatic heterocycles. The van der Waals surface area contributed by atoms with Gasteiger partial charge in [-0.2, -0.15) is 10.5 Å². The predicted octanol–water partition coefficient (Wildman–Crippen LogP) is 1.78. The minimum atomic E-state index is -0.215. The maximum Gasteiger partial charge on any atom is 0.153 e. The second-order valence-electron chi connectivity index (χ2n) is 2.86. The average Bonchev–Trinajstić information content (AvgIpc) is 2.31. The predicted molar refractivity (Wildman–Crippen MR) is 60.6 cm³/mol. The third-order valence-corrected chi connectivity index (χ3v) is 1.79. The molecule has 3 nitrogen and oxygen atoms in total. The van der Waals surface area contributed by atoms with Crippen LogP contribution in [0.2, 0.25) is 0 Å². The second kappa shape index (κ2) is 9.36. The molecule has 0 aliphatic rings. The number of methoxy groups -OCH3 is 1. The van der Waals surface area contributed by atoms with Crippen LogP contribution in [0.15, 0.2) is 11.6 Å². The van der Waals surface area contributed by atoms with Gasteiger partial charge in [0, 0.05) is 25.0 Å². The normalized spacial score (nSPS) is 10.9. The smallest absolute Gasteiger partial charge is 0.153 e. The van der Waals surface area contributed by atoms with E-state index in [1.54, 1.807) is 13.2 Å². The Kier molecular flexibility index (Phi) is 8.07. The Labute approximate surface area is 96.3 Å². The molecule has 0 aliphatic carbocycles. The fourth-order valence-electron chi connectivity index (χ4n) is 1.07. The van der Waals surface area contributed by atoms with Crippen molar-refractivity contribution in [1.82, 2.24) is 0 Å². The Hall–Kier alpha value is -2.20. The molecule has 0 saturated heterocycles.